The molecule has 1 unspecified atom stereocenters. The molecule has 3 aromatic carbocycles. The number of likely N-dealkylation sites (tertiary alicyclic amines) is 1. The van der Waals surface area contributed by atoms with Gasteiger partial charge in [0.2, 0.25) is 11.8 Å². The number of rotatable bonds is 8. The summed E-state index contributed by atoms with van der Waals surface area (Å²) in [6.07, 6.45) is 1.25. The maximum Gasteiger partial charge on any atom is 0.242 e. The SMILES string of the molecule is CN(Cc1ccccc1)C(=O)Cn1c(C2CC(=O)N(CCc3ccccc3)C2)nc2ccccc21. The molecule has 35 heavy (non-hydrogen) atoms. The topological polar surface area (TPSA) is 58.4 Å². The molecule has 1 atom stereocenters. The van der Waals surface area contributed by atoms with Gasteiger partial charge in [0.1, 0.15) is 12.4 Å². The lowest BCUT2D eigenvalue weighted by molar-refractivity contribution is -0.131. The summed E-state index contributed by atoms with van der Waals surface area (Å²) >= 11 is 0. The molecule has 5 rings (SSSR count). The summed E-state index contributed by atoms with van der Waals surface area (Å²) < 4.78 is 2.01. The average molecular weight is 467 g/mol. The molecule has 1 aliphatic heterocycles. The zero-order chi connectivity index (χ0) is 24.2. The minimum absolute atomic E-state index is 0.0171. The molecule has 4 aromatic rings. The summed E-state index contributed by atoms with van der Waals surface area (Å²) in [5, 5.41) is 0. The number of benzene rings is 3. The predicted molar refractivity (Wildman–Crippen MR) is 137 cm³/mol. The van der Waals surface area contributed by atoms with Gasteiger partial charge in [-0.25, -0.2) is 4.98 Å². The second kappa shape index (κ2) is 10.1. The molecular weight excluding hydrogens is 436 g/mol. The van der Waals surface area contributed by atoms with Crippen molar-refractivity contribution in [1.29, 1.82) is 0 Å². The normalized spacial score (nSPS) is 15.6. The highest BCUT2D eigenvalue weighted by atomic mass is 16.2. The van der Waals surface area contributed by atoms with Gasteiger partial charge in [-0.05, 0) is 29.7 Å². The smallest absolute Gasteiger partial charge is 0.242 e. The van der Waals surface area contributed by atoms with E-state index in [1.807, 2.05) is 89.3 Å². The number of hydrogen-bond acceptors (Lipinski definition) is 3. The van der Waals surface area contributed by atoms with Crippen LogP contribution < -0.4 is 0 Å². The van der Waals surface area contributed by atoms with Crippen LogP contribution >= 0.6 is 0 Å². The number of aromatic nitrogens is 2. The first-order valence-electron chi connectivity index (χ1n) is 12.1. The first-order chi connectivity index (χ1) is 17.1. The van der Waals surface area contributed by atoms with Gasteiger partial charge in [-0.1, -0.05) is 72.8 Å². The zero-order valence-corrected chi connectivity index (χ0v) is 20.0. The number of hydrogen-bond donors (Lipinski definition) is 0. The van der Waals surface area contributed by atoms with Gasteiger partial charge < -0.3 is 14.4 Å². The number of likely N-dealkylation sites (N-methyl/N-ethyl adjacent to an activating group) is 1. The van der Waals surface area contributed by atoms with Gasteiger partial charge in [-0.3, -0.25) is 9.59 Å². The van der Waals surface area contributed by atoms with Crippen molar-refractivity contribution < 1.29 is 9.59 Å². The number of amides is 2. The third-order valence-corrected chi connectivity index (χ3v) is 6.76. The molecule has 2 amide bonds. The molecule has 1 fully saturated rings. The van der Waals surface area contributed by atoms with Gasteiger partial charge in [-0.2, -0.15) is 0 Å². The van der Waals surface area contributed by atoms with Crippen molar-refractivity contribution in [2.75, 3.05) is 20.1 Å². The number of carbonyl (C=O) groups excluding carboxylic acids is 2. The number of fused-ring (bicyclic) bond motifs is 1. The van der Waals surface area contributed by atoms with Crippen LogP contribution in [0.2, 0.25) is 0 Å². The molecule has 1 saturated heterocycles. The van der Waals surface area contributed by atoms with E-state index in [0.717, 1.165) is 28.8 Å². The van der Waals surface area contributed by atoms with Crippen molar-refractivity contribution in [3.8, 4) is 0 Å². The largest absolute Gasteiger partial charge is 0.342 e. The lowest BCUT2D eigenvalue weighted by atomic mass is 10.1. The van der Waals surface area contributed by atoms with E-state index in [2.05, 4.69) is 12.1 Å². The molecule has 1 aromatic heterocycles. The summed E-state index contributed by atoms with van der Waals surface area (Å²) in [7, 11) is 1.83. The highest BCUT2D eigenvalue weighted by Crippen LogP contribution is 2.30. The minimum Gasteiger partial charge on any atom is -0.342 e. The van der Waals surface area contributed by atoms with Gasteiger partial charge in [0.05, 0.1) is 11.0 Å². The van der Waals surface area contributed by atoms with E-state index >= 15 is 0 Å². The van der Waals surface area contributed by atoms with E-state index in [-0.39, 0.29) is 24.3 Å². The second-order valence-electron chi connectivity index (χ2n) is 9.26. The molecule has 0 radical (unpaired) electrons. The molecule has 6 nitrogen and oxygen atoms in total. The van der Waals surface area contributed by atoms with Gasteiger partial charge in [0, 0.05) is 39.0 Å². The van der Waals surface area contributed by atoms with E-state index in [0.29, 0.717) is 26.1 Å². The fourth-order valence-electron chi connectivity index (χ4n) is 4.84. The summed E-state index contributed by atoms with van der Waals surface area (Å²) in [6.45, 7) is 2.08. The minimum atomic E-state index is -0.0297. The molecule has 0 saturated carbocycles. The molecular formula is C29H30N4O2. The summed E-state index contributed by atoms with van der Waals surface area (Å²) in [4.78, 5) is 34.6. The fourth-order valence-corrected chi connectivity index (χ4v) is 4.84. The van der Waals surface area contributed by atoms with E-state index in [9.17, 15) is 9.59 Å². The standard InChI is InChI=1S/C29H30N4O2/c1-31(19-23-12-6-3-7-13-23)28(35)21-33-26-15-9-8-14-25(26)30-29(33)24-18-27(34)32(20-24)17-16-22-10-4-2-5-11-22/h2-15,24H,16-21H2,1H3. The van der Waals surface area contributed by atoms with Crippen LogP contribution in [0, 0.1) is 0 Å². The Morgan fingerprint density at radius 3 is 2.34 bits per heavy atom. The maximum absolute atomic E-state index is 13.2. The van der Waals surface area contributed by atoms with Gasteiger partial charge in [0.15, 0.2) is 0 Å². The first kappa shape index (κ1) is 22.8. The number of nitrogens with zero attached hydrogens (tertiary/aromatic N) is 4. The molecule has 0 aliphatic carbocycles. The Bertz CT molecular complexity index is 1320. The Balaban J connectivity index is 1.34. The van der Waals surface area contributed by atoms with Crippen molar-refractivity contribution in [1.82, 2.24) is 19.4 Å². The fraction of sp³-hybridized carbons (Fsp3) is 0.276. The molecule has 0 bridgehead atoms. The van der Waals surface area contributed by atoms with Crippen LogP contribution in [0.15, 0.2) is 84.9 Å². The monoisotopic (exact) mass is 466 g/mol. The van der Waals surface area contributed by atoms with Crippen molar-refractivity contribution in [2.45, 2.75) is 31.8 Å². The van der Waals surface area contributed by atoms with Crippen LogP contribution in [-0.4, -0.2) is 51.3 Å². The molecule has 178 valence electrons. The Kier molecular flexibility index (Phi) is 6.62. The van der Waals surface area contributed by atoms with Crippen molar-refractivity contribution in [2.24, 2.45) is 0 Å². The molecule has 1 aliphatic rings. The van der Waals surface area contributed by atoms with Crippen molar-refractivity contribution >= 4 is 22.8 Å². The van der Waals surface area contributed by atoms with E-state index in [1.165, 1.54) is 5.56 Å². The number of imidazole rings is 1. The van der Waals surface area contributed by atoms with Crippen LogP contribution in [0.5, 0.6) is 0 Å². The quantitative estimate of drug-likeness (QED) is 0.390. The van der Waals surface area contributed by atoms with Gasteiger partial charge >= 0.3 is 0 Å². The molecule has 6 heteroatoms. The lowest BCUT2D eigenvalue weighted by Crippen LogP contribution is -2.31. The second-order valence-corrected chi connectivity index (χ2v) is 9.26. The molecule has 2 heterocycles. The zero-order valence-electron chi connectivity index (χ0n) is 20.0. The van der Waals surface area contributed by atoms with Crippen LogP contribution in [0.1, 0.15) is 29.3 Å². The summed E-state index contributed by atoms with van der Waals surface area (Å²) in [6, 6.07) is 28.1. The highest BCUT2D eigenvalue weighted by Gasteiger charge is 2.34. The number of para-hydroxylation sites is 2. The van der Waals surface area contributed by atoms with Crippen LogP contribution in [0.25, 0.3) is 11.0 Å². The Morgan fingerprint density at radius 1 is 0.943 bits per heavy atom. The summed E-state index contributed by atoms with van der Waals surface area (Å²) in [5.74, 6) is 0.960. The third-order valence-electron chi connectivity index (χ3n) is 6.76. The van der Waals surface area contributed by atoms with Crippen LogP contribution in [0.3, 0.4) is 0 Å². The summed E-state index contributed by atoms with van der Waals surface area (Å²) in [5.41, 5.74) is 4.10. The van der Waals surface area contributed by atoms with Crippen LogP contribution in [-0.2, 0) is 29.1 Å². The average Bonchev–Trinajstić information content (AvgIpc) is 3.44. The van der Waals surface area contributed by atoms with Crippen LogP contribution in [0.4, 0.5) is 0 Å². The Labute approximate surface area is 205 Å². The highest BCUT2D eigenvalue weighted by molar-refractivity contribution is 5.83. The van der Waals surface area contributed by atoms with E-state index < -0.39 is 0 Å². The van der Waals surface area contributed by atoms with Gasteiger partial charge in [-0.15, -0.1) is 0 Å². The Morgan fingerprint density at radius 2 is 1.60 bits per heavy atom. The predicted octanol–water partition coefficient (Wildman–Crippen LogP) is 4.25. The first-order valence-corrected chi connectivity index (χ1v) is 12.1. The Hall–Kier alpha value is -3.93. The van der Waals surface area contributed by atoms with E-state index in [1.54, 1.807) is 4.90 Å². The van der Waals surface area contributed by atoms with Gasteiger partial charge in [0.25, 0.3) is 0 Å². The van der Waals surface area contributed by atoms with Crippen molar-refractivity contribution in [3.05, 3.63) is 102 Å². The maximum atomic E-state index is 13.2. The van der Waals surface area contributed by atoms with Crippen molar-refractivity contribution in [3.63, 3.8) is 0 Å². The molecule has 0 N–H and O–H groups in total. The van der Waals surface area contributed by atoms with E-state index in [4.69, 9.17) is 4.98 Å². The third kappa shape index (κ3) is 5.11. The number of carbonyl (C=O) groups is 2. The lowest BCUT2D eigenvalue weighted by Gasteiger charge is -2.20. The molecule has 0 spiro atoms.